The normalized spacial score (nSPS) is 31.5. The van der Waals surface area contributed by atoms with Gasteiger partial charge < -0.3 is 5.73 Å². The molecule has 0 aromatic rings. The van der Waals surface area contributed by atoms with E-state index < -0.39 is 10.8 Å². The van der Waals surface area contributed by atoms with Gasteiger partial charge in [-0.25, -0.2) is 0 Å². The number of hydrogen-bond acceptors (Lipinski definition) is 2. The topological polar surface area (TPSA) is 43.1 Å². The fourth-order valence-corrected chi connectivity index (χ4v) is 3.45. The molecule has 1 rings (SSSR count). The summed E-state index contributed by atoms with van der Waals surface area (Å²) in [6, 6.07) is 0. The van der Waals surface area contributed by atoms with Crippen LogP contribution in [0.15, 0.2) is 0 Å². The maximum atomic E-state index is 11.6. The molecule has 0 aliphatic heterocycles. The lowest BCUT2D eigenvalue weighted by Crippen LogP contribution is -2.26. The van der Waals surface area contributed by atoms with Crippen molar-refractivity contribution in [3.8, 4) is 0 Å². The molecule has 0 saturated heterocycles. The van der Waals surface area contributed by atoms with E-state index in [1.165, 1.54) is 19.3 Å². The highest BCUT2D eigenvalue weighted by molar-refractivity contribution is 7.85. The summed E-state index contributed by atoms with van der Waals surface area (Å²) in [6.07, 6.45) is 6.15. The molecule has 3 heteroatoms. The lowest BCUT2D eigenvalue weighted by molar-refractivity contribution is 0.353. The zero-order valence-electron chi connectivity index (χ0n) is 8.50. The second-order valence-corrected chi connectivity index (χ2v) is 5.76. The van der Waals surface area contributed by atoms with Crippen molar-refractivity contribution in [2.45, 2.75) is 44.3 Å². The summed E-state index contributed by atoms with van der Waals surface area (Å²) in [7, 11) is -0.648. The van der Waals surface area contributed by atoms with Gasteiger partial charge >= 0.3 is 0 Å². The number of hydrogen-bond donors (Lipinski definition) is 1. The molecule has 1 aliphatic rings. The first-order chi connectivity index (χ1) is 6.27. The Labute approximate surface area is 83.7 Å². The summed E-state index contributed by atoms with van der Waals surface area (Å²) < 4.78 is 11.6. The Balaban J connectivity index is 2.28. The Hall–Kier alpha value is 0.110. The van der Waals surface area contributed by atoms with Gasteiger partial charge in [-0.3, -0.25) is 4.21 Å². The van der Waals surface area contributed by atoms with Gasteiger partial charge in [0.05, 0.1) is 0 Å². The molecule has 0 aromatic heterocycles. The zero-order chi connectivity index (χ0) is 9.68. The van der Waals surface area contributed by atoms with Crippen LogP contribution in [-0.4, -0.2) is 21.8 Å². The molecule has 1 saturated carbocycles. The lowest BCUT2D eigenvalue weighted by Gasteiger charge is -2.26. The van der Waals surface area contributed by atoms with Crippen LogP contribution in [0.25, 0.3) is 0 Å². The van der Waals surface area contributed by atoms with Gasteiger partial charge in [-0.05, 0) is 31.6 Å². The van der Waals surface area contributed by atoms with Crippen molar-refractivity contribution in [3.05, 3.63) is 0 Å². The summed E-state index contributed by atoms with van der Waals surface area (Å²) in [5.41, 5.74) is 5.40. The van der Waals surface area contributed by atoms with E-state index in [1.807, 2.05) is 0 Å². The molecular weight excluding hydrogens is 182 g/mol. The third kappa shape index (κ3) is 3.39. The van der Waals surface area contributed by atoms with E-state index in [1.54, 1.807) is 0 Å². The van der Waals surface area contributed by atoms with E-state index in [0.29, 0.717) is 17.5 Å². The van der Waals surface area contributed by atoms with Gasteiger partial charge in [-0.15, -0.1) is 0 Å². The molecule has 2 N–H and O–H groups in total. The van der Waals surface area contributed by atoms with Gasteiger partial charge in [0.25, 0.3) is 0 Å². The highest BCUT2D eigenvalue weighted by atomic mass is 32.2. The van der Waals surface area contributed by atoms with E-state index in [0.717, 1.165) is 18.8 Å². The first-order valence-corrected chi connectivity index (χ1v) is 6.73. The van der Waals surface area contributed by atoms with Crippen molar-refractivity contribution in [1.29, 1.82) is 0 Å². The summed E-state index contributed by atoms with van der Waals surface area (Å²) in [4.78, 5) is 0. The molecule has 1 aliphatic carbocycles. The van der Waals surface area contributed by atoms with Gasteiger partial charge in [0.1, 0.15) is 0 Å². The smallest absolute Gasteiger partial charge is 0.0360 e. The largest absolute Gasteiger partial charge is 0.330 e. The van der Waals surface area contributed by atoms with Gasteiger partial charge in [-0.1, -0.05) is 13.3 Å². The first-order valence-electron chi connectivity index (χ1n) is 5.35. The fourth-order valence-electron chi connectivity index (χ4n) is 2.09. The van der Waals surface area contributed by atoms with Crippen molar-refractivity contribution < 1.29 is 4.21 Å². The lowest BCUT2D eigenvalue weighted by atomic mass is 9.87. The molecular formula is C10H21NOS. The van der Waals surface area contributed by atoms with Crippen LogP contribution in [-0.2, 0) is 10.8 Å². The molecule has 0 aromatic carbocycles. The monoisotopic (exact) mass is 203 g/mol. The maximum absolute atomic E-state index is 11.6. The maximum Gasteiger partial charge on any atom is 0.0360 e. The third-order valence-corrected chi connectivity index (χ3v) is 4.91. The molecule has 0 amide bonds. The van der Waals surface area contributed by atoms with E-state index in [2.05, 4.69) is 6.92 Å². The zero-order valence-corrected chi connectivity index (χ0v) is 9.31. The van der Waals surface area contributed by atoms with Gasteiger partial charge in [0.15, 0.2) is 0 Å². The summed E-state index contributed by atoms with van der Waals surface area (Å²) in [6.45, 7) is 2.82. The van der Waals surface area contributed by atoms with Crippen LogP contribution in [0.3, 0.4) is 0 Å². The van der Waals surface area contributed by atoms with Crippen LogP contribution in [0, 0.1) is 5.92 Å². The number of rotatable bonds is 4. The van der Waals surface area contributed by atoms with Crippen molar-refractivity contribution in [2.24, 2.45) is 11.7 Å². The minimum absolute atomic E-state index is 0.450. The average molecular weight is 203 g/mol. The Bertz CT molecular complexity index is 164. The van der Waals surface area contributed by atoms with Crippen molar-refractivity contribution in [2.75, 3.05) is 12.3 Å². The van der Waals surface area contributed by atoms with Crippen molar-refractivity contribution >= 4 is 10.8 Å². The summed E-state index contributed by atoms with van der Waals surface area (Å²) in [5.74, 6) is 1.59. The standard InChI is InChI=1S/C10H21NOS/c1-2-9-3-5-10(6-4-9)13(12)8-7-11/h9-10H,2-8,11H2,1H3. The Morgan fingerprint density at radius 1 is 1.31 bits per heavy atom. The van der Waals surface area contributed by atoms with E-state index in [9.17, 15) is 4.21 Å². The molecule has 1 unspecified atom stereocenters. The predicted molar refractivity (Wildman–Crippen MR) is 58.1 cm³/mol. The SMILES string of the molecule is CCC1CCC(S(=O)CCN)CC1. The highest BCUT2D eigenvalue weighted by Crippen LogP contribution is 2.29. The van der Waals surface area contributed by atoms with Crippen LogP contribution < -0.4 is 5.73 Å². The second-order valence-electron chi connectivity index (χ2n) is 3.92. The van der Waals surface area contributed by atoms with E-state index in [-0.39, 0.29) is 0 Å². The Morgan fingerprint density at radius 3 is 2.38 bits per heavy atom. The molecule has 0 radical (unpaired) electrons. The fraction of sp³-hybridized carbons (Fsp3) is 1.00. The molecule has 1 atom stereocenters. The predicted octanol–water partition coefficient (Wildman–Crippen LogP) is 1.66. The van der Waals surface area contributed by atoms with Crippen LogP contribution in [0.5, 0.6) is 0 Å². The Morgan fingerprint density at radius 2 is 1.92 bits per heavy atom. The second kappa shape index (κ2) is 5.76. The molecule has 2 nitrogen and oxygen atoms in total. The average Bonchev–Trinajstić information content (AvgIpc) is 2.18. The van der Waals surface area contributed by atoms with E-state index in [4.69, 9.17) is 5.73 Å². The molecule has 0 bridgehead atoms. The minimum Gasteiger partial charge on any atom is -0.330 e. The third-order valence-electron chi connectivity index (χ3n) is 3.06. The Kier molecular flexibility index (Phi) is 4.96. The quantitative estimate of drug-likeness (QED) is 0.755. The molecule has 0 heterocycles. The van der Waals surface area contributed by atoms with Crippen LogP contribution in [0.1, 0.15) is 39.0 Å². The van der Waals surface area contributed by atoms with Crippen molar-refractivity contribution in [1.82, 2.24) is 0 Å². The molecule has 13 heavy (non-hydrogen) atoms. The van der Waals surface area contributed by atoms with Crippen molar-refractivity contribution in [3.63, 3.8) is 0 Å². The van der Waals surface area contributed by atoms with Gasteiger partial charge in [-0.2, -0.15) is 0 Å². The minimum atomic E-state index is -0.648. The van der Waals surface area contributed by atoms with Crippen LogP contribution in [0.2, 0.25) is 0 Å². The van der Waals surface area contributed by atoms with Gasteiger partial charge in [0, 0.05) is 28.3 Å². The molecule has 1 fully saturated rings. The van der Waals surface area contributed by atoms with E-state index >= 15 is 0 Å². The summed E-state index contributed by atoms with van der Waals surface area (Å²) in [5, 5.41) is 0.450. The van der Waals surface area contributed by atoms with Crippen LogP contribution in [0.4, 0.5) is 0 Å². The summed E-state index contributed by atoms with van der Waals surface area (Å²) >= 11 is 0. The molecule has 78 valence electrons. The van der Waals surface area contributed by atoms with Crippen LogP contribution >= 0.6 is 0 Å². The first kappa shape index (κ1) is 11.2. The number of nitrogens with two attached hydrogens (primary N) is 1. The van der Waals surface area contributed by atoms with Gasteiger partial charge in [0.2, 0.25) is 0 Å². The molecule has 0 spiro atoms. The highest BCUT2D eigenvalue weighted by Gasteiger charge is 2.23.